The summed E-state index contributed by atoms with van der Waals surface area (Å²) in [5.74, 6) is -2.71. The Balaban J connectivity index is 1.63. The predicted octanol–water partition coefficient (Wildman–Crippen LogP) is 2.34. The molecule has 0 atom stereocenters. The van der Waals surface area contributed by atoms with Gasteiger partial charge in [-0.15, -0.1) is 0 Å². The zero-order valence-electron chi connectivity index (χ0n) is 16.7. The number of hydrogen-bond donors (Lipinski definition) is 1. The van der Waals surface area contributed by atoms with Gasteiger partial charge < -0.3 is 14.8 Å². The van der Waals surface area contributed by atoms with E-state index in [1.807, 2.05) is 0 Å². The van der Waals surface area contributed by atoms with Crippen molar-refractivity contribution >= 4 is 11.8 Å². The highest BCUT2D eigenvalue weighted by Crippen LogP contribution is 2.35. The van der Waals surface area contributed by atoms with E-state index in [4.69, 9.17) is 0 Å². The normalized spacial score (nSPS) is 15.6. The Labute approximate surface area is 172 Å². The van der Waals surface area contributed by atoms with Gasteiger partial charge in [-0.05, 0) is 43.4 Å². The predicted molar refractivity (Wildman–Crippen MR) is 106 cm³/mol. The minimum atomic E-state index is -1.01. The fourth-order valence-electron chi connectivity index (χ4n) is 3.96. The van der Waals surface area contributed by atoms with Gasteiger partial charge in [0, 0.05) is 37.4 Å². The molecule has 2 aromatic rings. The topological polar surface area (TPSA) is 71.4 Å². The SMILES string of the molecule is CCNC(=O)c1c2c(cn(C3CC3)c1=O)CN(C(=O)Cc1cccc(F)c1F)CC2. The molecule has 2 aliphatic rings. The molecule has 30 heavy (non-hydrogen) atoms. The third kappa shape index (κ3) is 3.74. The van der Waals surface area contributed by atoms with Crippen LogP contribution >= 0.6 is 0 Å². The first-order valence-corrected chi connectivity index (χ1v) is 10.2. The molecule has 6 nitrogen and oxygen atoms in total. The maximum atomic E-state index is 13.9. The number of nitrogens with zero attached hydrogens (tertiary/aromatic N) is 2. The fourth-order valence-corrected chi connectivity index (χ4v) is 3.96. The number of benzene rings is 1. The second kappa shape index (κ2) is 8.01. The molecule has 1 aliphatic heterocycles. The van der Waals surface area contributed by atoms with Gasteiger partial charge in [-0.3, -0.25) is 14.4 Å². The molecule has 1 N–H and O–H groups in total. The van der Waals surface area contributed by atoms with Crippen LogP contribution in [0.25, 0.3) is 0 Å². The van der Waals surface area contributed by atoms with Gasteiger partial charge in [-0.25, -0.2) is 8.78 Å². The first-order chi connectivity index (χ1) is 14.4. The molecule has 0 bridgehead atoms. The summed E-state index contributed by atoms with van der Waals surface area (Å²) in [5.41, 5.74) is 1.30. The van der Waals surface area contributed by atoms with E-state index >= 15 is 0 Å². The van der Waals surface area contributed by atoms with E-state index in [9.17, 15) is 23.2 Å². The van der Waals surface area contributed by atoms with Crippen molar-refractivity contribution in [2.45, 2.75) is 45.2 Å². The van der Waals surface area contributed by atoms with Crippen molar-refractivity contribution in [2.75, 3.05) is 13.1 Å². The van der Waals surface area contributed by atoms with E-state index in [1.54, 1.807) is 22.6 Å². The first kappa shape index (κ1) is 20.3. The molecule has 4 rings (SSSR count). The minimum absolute atomic E-state index is 0.0109. The highest BCUT2D eigenvalue weighted by atomic mass is 19.2. The molecule has 8 heteroatoms. The van der Waals surface area contributed by atoms with E-state index in [-0.39, 0.29) is 41.6 Å². The summed E-state index contributed by atoms with van der Waals surface area (Å²) in [5, 5.41) is 2.71. The zero-order valence-corrected chi connectivity index (χ0v) is 16.7. The Morgan fingerprint density at radius 3 is 2.70 bits per heavy atom. The number of nitrogens with one attached hydrogen (secondary N) is 1. The average molecular weight is 415 g/mol. The van der Waals surface area contributed by atoms with Crippen LogP contribution in [0.5, 0.6) is 0 Å². The Kier molecular flexibility index (Phi) is 5.40. The van der Waals surface area contributed by atoms with Crippen LogP contribution in [0, 0.1) is 11.6 Å². The Morgan fingerprint density at radius 1 is 1.23 bits per heavy atom. The molecule has 0 saturated heterocycles. The van der Waals surface area contributed by atoms with Gasteiger partial charge in [0.1, 0.15) is 5.56 Å². The largest absolute Gasteiger partial charge is 0.352 e. The average Bonchev–Trinajstić information content (AvgIpc) is 3.56. The lowest BCUT2D eigenvalue weighted by molar-refractivity contribution is -0.131. The highest BCUT2D eigenvalue weighted by Gasteiger charge is 2.32. The number of pyridine rings is 1. The van der Waals surface area contributed by atoms with Crippen molar-refractivity contribution in [3.63, 3.8) is 0 Å². The molecule has 1 aromatic heterocycles. The van der Waals surface area contributed by atoms with Crippen LogP contribution in [0.1, 0.15) is 52.9 Å². The zero-order chi connectivity index (χ0) is 21.4. The number of halogens is 2. The second-order valence-electron chi connectivity index (χ2n) is 7.77. The fraction of sp³-hybridized carbons (Fsp3) is 0.409. The quantitative estimate of drug-likeness (QED) is 0.815. The van der Waals surface area contributed by atoms with Crippen molar-refractivity contribution < 1.29 is 18.4 Å². The number of fused-ring (bicyclic) bond motifs is 1. The summed E-state index contributed by atoms with van der Waals surface area (Å²) in [6.07, 6.45) is 3.63. The van der Waals surface area contributed by atoms with Crippen LogP contribution in [0.2, 0.25) is 0 Å². The number of hydrogen-bond acceptors (Lipinski definition) is 3. The van der Waals surface area contributed by atoms with Gasteiger partial charge in [-0.1, -0.05) is 12.1 Å². The van der Waals surface area contributed by atoms with Crippen LogP contribution in [0.15, 0.2) is 29.2 Å². The van der Waals surface area contributed by atoms with E-state index in [0.29, 0.717) is 25.1 Å². The van der Waals surface area contributed by atoms with Gasteiger partial charge >= 0.3 is 0 Å². The summed E-state index contributed by atoms with van der Waals surface area (Å²) in [4.78, 5) is 39.8. The first-order valence-electron chi connectivity index (χ1n) is 10.2. The van der Waals surface area contributed by atoms with Crippen LogP contribution in [-0.2, 0) is 24.2 Å². The van der Waals surface area contributed by atoms with Crippen molar-refractivity contribution in [3.8, 4) is 0 Å². The van der Waals surface area contributed by atoms with Crippen LogP contribution < -0.4 is 10.9 Å². The van der Waals surface area contributed by atoms with Gasteiger partial charge in [0.15, 0.2) is 11.6 Å². The highest BCUT2D eigenvalue weighted by molar-refractivity contribution is 5.95. The van der Waals surface area contributed by atoms with E-state index < -0.39 is 17.5 Å². The van der Waals surface area contributed by atoms with E-state index in [1.165, 1.54) is 12.1 Å². The molecule has 2 amide bonds. The second-order valence-corrected chi connectivity index (χ2v) is 7.77. The molecule has 1 saturated carbocycles. The lowest BCUT2D eigenvalue weighted by atomic mass is 9.95. The molecular formula is C22H23F2N3O3. The summed E-state index contributed by atoms with van der Waals surface area (Å²) >= 11 is 0. The summed E-state index contributed by atoms with van der Waals surface area (Å²) in [6.45, 7) is 2.74. The number of carbonyl (C=O) groups is 2. The van der Waals surface area contributed by atoms with Gasteiger partial charge in [0.05, 0.1) is 6.42 Å². The van der Waals surface area contributed by atoms with Crippen molar-refractivity contribution in [1.29, 1.82) is 0 Å². The molecular weight excluding hydrogens is 392 g/mol. The number of amides is 2. The molecule has 1 aromatic carbocycles. The van der Waals surface area contributed by atoms with Crippen LogP contribution in [-0.4, -0.2) is 34.4 Å². The van der Waals surface area contributed by atoms with Gasteiger partial charge in [0.2, 0.25) is 5.91 Å². The lowest BCUT2D eigenvalue weighted by Gasteiger charge is -2.30. The van der Waals surface area contributed by atoms with Crippen molar-refractivity contribution in [3.05, 3.63) is 68.6 Å². The van der Waals surface area contributed by atoms with Crippen LogP contribution in [0.3, 0.4) is 0 Å². The standard InChI is InChI=1S/C22H23F2N3O3/c1-2-25-21(29)19-16-8-9-26(11-14(16)12-27(22(19)30)15-6-7-15)18(28)10-13-4-3-5-17(23)20(13)24/h3-5,12,15H,2,6-11H2,1H3,(H,25,29). The van der Waals surface area contributed by atoms with Crippen LogP contribution in [0.4, 0.5) is 8.78 Å². The van der Waals surface area contributed by atoms with E-state index in [2.05, 4.69) is 5.32 Å². The summed E-state index contributed by atoms with van der Waals surface area (Å²) in [7, 11) is 0. The lowest BCUT2D eigenvalue weighted by Crippen LogP contribution is -2.41. The molecule has 158 valence electrons. The molecule has 0 unspecified atom stereocenters. The summed E-state index contributed by atoms with van der Waals surface area (Å²) in [6, 6.07) is 3.87. The third-order valence-electron chi connectivity index (χ3n) is 5.66. The smallest absolute Gasteiger partial charge is 0.263 e. The Bertz CT molecular complexity index is 1080. The maximum Gasteiger partial charge on any atom is 0.263 e. The Hall–Kier alpha value is -3.03. The molecule has 0 spiro atoms. The Morgan fingerprint density at radius 2 is 2.00 bits per heavy atom. The van der Waals surface area contributed by atoms with Crippen molar-refractivity contribution in [2.24, 2.45) is 0 Å². The molecule has 2 heterocycles. The monoisotopic (exact) mass is 415 g/mol. The summed E-state index contributed by atoms with van der Waals surface area (Å²) < 4.78 is 29.0. The minimum Gasteiger partial charge on any atom is -0.352 e. The number of aromatic nitrogens is 1. The van der Waals surface area contributed by atoms with Crippen molar-refractivity contribution in [1.82, 2.24) is 14.8 Å². The third-order valence-corrected chi connectivity index (χ3v) is 5.66. The molecule has 1 aliphatic carbocycles. The molecule has 0 radical (unpaired) electrons. The van der Waals surface area contributed by atoms with Gasteiger partial charge in [0.25, 0.3) is 11.5 Å². The van der Waals surface area contributed by atoms with E-state index in [0.717, 1.165) is 24.5 Å². The number of carbonyl (C=O) groups excluding carboxylic acids is 2. The van der Waals surface area contributed by atoms with Gasteiger partial charge in [-0.2, -0.15) is 0 Å². The number of rotatable bonds is 5. The molecule has 1 fully saturated rings. The maximum absolute atomic E-state index is 13.9.